The second-order valence-electron chi connectivity index (χ2n) is 4.92. The number of ether oxygens (including phenoxy) is 3. The Kier molecular flexibility index (Phi) is 5.82. The minimum atomic E-state index is -0.674. The average Bonchev–Trinajstić information content (AvgIpc) is 2.20. The summed E-state index contributed by atoms with van der Waals surface area (Å²) in [5.41, 5.74) is 0. The number of hydrogen-bond acceptors (Lipinski definition) is 5. The lowest BCUT2D eigenvalue weighted by molar-refractivity contribution is -0.277. The smallest absolute Gasteiger partial charge is 0.161 e. The summed E-state index contributed by atoms with van der Waals surface area (Å²) < 4.78 is 16.6. The molecule has 0 saturated carbocycles. The van der Waals surface area contributed by atoms with Gasteiger partial charge in [0.15, 0.2) is 6.29 Å². The van der Waals surface area contributed by atoms with Crippen molar-refractivity contribution in [1.29, 1.82) is 0 Å². The van der Waals surface area contributed by atoms with E-state index in [0.29, 0.717) is 6.42 Å². The fourth-order valence-corrected chi connectivity index (χ4v) is 1.94. The first kappa shape index (κ1) is 14.9. The predicted molar refractivity (Wildman–Crippen MR) is 62.6 cm³/mol. The van der Waals surface area contributed by atoms with Gasteiger partial charge in [0.25, 0.3) is 0 Å². The zero-order valence-electron chi connectivity index (χ0n) is 11.0. The van der Waals surface area contributed by atoms with E-state index < -0.39 is 24.6 Å². The van der Waals surface area contributed by atoms with Crippen molar-refractivity contribution in [1.82, 2.24) is 0 Å². The molecule has 17 heavy (non-hydrogen) atoms. The van der Waals surface area contributed by atoms with E-state index in [1.807, 2.05) is 27.7 Å². The minimum absolute atomic E-state index is 0.0186. The van der Waals surface area contributed by atoms with Crippen LogP contribution in [-0.4, -0.2) is 53.6 Å². The molecule has 0 spiro atoms. The highest BCUT2D eigenvalue weighted by atomic mass is 16.7. The van der Waals surface area contributed by atoms with Crippen LogP contribution >= 0.6 is 0 Å². The summed E-state index contributed by atoms with van der Waals surface area (Å²) in [6.45, 7) is 7.39. The Bertz CT molecular complexity index is 219. The maximum atomic E-state index is 10.0. The highest BCUT2D eigenvalue weighted by Gasteiger charge is 2.39. The molecule has 0 aromatic rings. The van der Waals surface area contributed by atoms with Crippen LogP contribution < -0.4 is 0 Å². The van der Waals surface area contributed by atoms with Crippen LogP contribution in [0.4, 0.5) is 0 Å². The van der Waals surface area contributed by atoms with Gasteiger partial charge in [-0.3, -0.25) is 0 Å². The molecule has 5 heteroatoms. The summed E-state index contributed by atoms with van der Waals surface area (Å²) >= 11 is 0. The van der Waals surface area contributed by atoms with Gasteiger partial charge in [0, 0.05) is 6.42 Å². The van der Waals surface area contributed by atoms with Crippen molar-refractivity contribution in [2.45, 2.75) is 70.9 Å². The molecular formula is C12H24O5. The second-order valence-corrected chi connectivity index (χ2v) is 4.92. The standard InChI is InChI=1S/C12H24O5/c1-7(2)15-11-5-9(14)12(16-8(3)4)10(6-13)17-11/h7-14H,5-6H2,1-4H3/t9-,10-,11-,12+/m0/s1. The molecule has 2 N–H and O–H groups in total. The molecule has 0 aliphatic carbocycles. The first-order valence-corrected chi connectivity index (χ1v) is 6.19. The normalized spacial score (nSPS) is 34.6. The highest BCUT2D eigenvalue weighted by Crippen LogP contribution is 2.25. The van der Waals surface area contributed by atoms with Crippen molar-refractivity contribution in [2.24, 2.45) is 0 Å². The van der Waals surface area contributed by atoms with Crippen molar-refractivity contribution in [3.05, 3.63) is 0 Å². The minimum Gasteiger partial charge on any atom is -0.394 e. The molecule has 0 aromatic carbocycles. The van der Waals surface area contributed by atoms with Crippen LogP contribution in [0.25, 0.3) is 0 Å². The monoisotopic (exact) mass is 248 g/mol. The lowest BCUT2D eigenvalue weighted by Gasteiger charge is -2.39. The first-order valence-electron chi connectivity index (χ1n) is 6.19. The van der Waals surface area contributed by atoms with Crippen LogP contribution in [0, 0.1) is 0 Å². The average molecular weight is 248 g/mol. The fraction of sp³-hybridized carbons (Fsp3) is 1.00. The molecule has 5 nitrogen and oxygen atoms in total. The molecule has 4 atom stereocenters. The topological polar surface area (TPSA) is 68.2 Å². The third-order valence-electron chi connectivity index (χ3n) is 2.54. The van der Waals surface area contributed by atoms with E-state index >= 15 is 0 Å². The Morgan fingerprint density at radius 3 is 2.24 bits per heavy atom. The molecule has 0 unspecified atom stereocenters. The molecule has 1 aliphatic heterocycles. The van der Waals surface area contributed by atoms with E-state index in [0.717, 1.165) is 0 Å². The van der Waals surface area contributed by atoms with Gasteiger partial charge in [-0.25, -0.2) is 0 Å². The number of hydrogen-bond donors (Lipinski definition) is 2. The van der Waals surface area contributed by atoms with Crippen molar-refractivity contribution in [3.63, 3.8) is 0 Å². The third kappa shape index (κ3) is 4.52. The van der Waals surface area contributed by atoms with Gasteiger partial charge in [-0.1, -0.05) is 0 Å². The van der Waals surface area contributed by atoms with Gasteiger partial charge >= 0.3 is 0 Å². The van der Waals surface area contributed by atoms with E-state index in [1.165, 1.54) is 0 Å². The van der Waals surface area contributed by atoms with Gasteiger partial charge in [0.05, 0.1) is 24.9 Å². The van der Waals surface area contributed by atoms with Crippen LogP contribution in [0.3, 0.4) is 0 Å². The summed E-state index contributed by atoms with van der Waals surface area (Å²) in [5, 5.41) is 19.3. The Balaban J connectivity index is 2.59. The maximum Gasteiger partial charge on any atom is 0.161 e. The van der Waals surface area contributed by atoms with Crippen LogP contribution in [0.1, 0.15) is 34.1 Å². The fourth-order valence-electron chi connectivity index (χ4n) is 1.94. The summed E-state index contributed by atoms with van der Waals surface area (Å²) in [5.74, 6) is 0. The molecule has 102 valence electrons. The summed E-state index contributed by atoms with van der Waals surface area (Å²) in [4.78, 5) is 0. The molecule has 1 fully saturated rings. The van der Waals surface area contributed by atoms with Gasteiger partial charge in [-0.2, -0.15) is 0 Å². The van der Waals surface area contributed by atoms with Crippen LogP contribution in [-0.2, 0) is 14.2 Å². The molecule has 1 heterocycles. The maximum absolute atomic E-state index is 10.0. The summed E-state index contributed by atoms with van der Waals surface area (Å²) in [6, 6.07) is 0. The molecule has 1 rings (SSSR count). The zero-order valence-corrected chi connectivity index (χ0v) is 11.0. The Morgan fingerprint density at radius 2 is 1.76 bits per heavy atom. The Hall–Kier alpha value is -0.200. The van der Waals surface area contributed by atoms with Gasteiger partial charge < -0.3 is 24.4 Å². The molecule has 0 amide bonds. The molecular weight excluding hydrogens is 224 g/mol. The molecule has 0 aromatic heterocycles. The Labute approximate surface area is 103 Å². The highest BCUT2D eigenvalue weighted by molar-refractivity contribution is 4.84. The molecule has 0 bridgehead atoms. The molecule has 0 radical (unpaired) electrons. The summed E-state index contributed by atoms with van der Waals surface area (Å²) in [7, 11) is 0. The van der Waals surface area contributed by atoms with Crippen LogP contribution in [0.15, 0.2) is 0 Å². The van der Waals surface area contributed by atoms with Gasteiger partial charge in [-0.15, -0.1) is 0 Å². The molecule has 1 aliphatic rings. The SMILES string of the molecule is CC(C)O[C@@H]1C[C@H](O)[C@@H](OC(C)C)[C@H](CO)O1. The van der Waals surface area contributed by atoms with E-state index in [-0.39, 0.29) is 18.8 Å². The molecule has 1 saturated heterocycles. The lowest BCUT2D eigenvalue weighted by atomic mass is 10.0. The van der Waals surface area contributed by atoms with E-state index in [1.54, 1.807) is 0 Å². The van der Waals surface area contributed by atoms with E-state index in [9.17, 15) is 10.2 Å². The van der Waals surface area contributed by atoms with Crippen molar-refractivity contribution < 1.29 is 24.4 Å². The van der Waals surface area contributed by atoms with E-state index in [2.05, 4.69) is 0 Å². The predicted octanol–water partition coefficient (Wildman–Crippen LogP) is 0.673. The summed E-state index contributed by atoms with van der Waals surface area (Å²) in [6.07, 6.45) is -1.81. The van der Waals surface area contributed by atoms with Gasteiger partial charge in [0.2, 0.25) is 0 Å². The second kappa shape index (κ2) is 6.66. The van der Waals surface area contributed by atoms with Crippen LogP contribution in [0.5, 0.6) is 0 Å². The van der Waals surface area contributed by atoms with Crippen LogP contribution in [0.2, 0.25) is 0 Å². The lowest BCUT2D eigenvalue weighted by Crippen LogP contribution is -2.52. The van der Waals surface area contributed by atoms with Gasteiger partial charge in [-0.05, 0) is 27.7 Å². The Morgan fingerprint density at radius 1 is 1.18 bits per heavy atom. The third-order valence-corrected chi connectivity index (χ3v) is 2.54. The number of rotatable bonds is 5. The quantitative estimate of drug-likeness (QED) is 0.748. The largest absolute Gasteiger partial charge is 0.394 e. The zero-order chi connectivity index (χ0) is 13.0. The van der Waals surface area contributed by atoms with Crippen molar-refractivity contribution >= 4 is 0 Å². The number of aliphatic hydroxyl groups excluding tert-OH is 2. The van der Waals surface area contributed by atoms with Crippen molar-refractivity contribution in [2.75, 3.05) is 6.61 Å². The first-order chi connectivity index (χ1) is 7.93. The number of aliphatic hydroxyl groups is 2. The van der Waals surface area contributed by atoms with Gasteiger partial charge in [0.1, 0.15) is 12.2 Å². The van der Waals surface area contributed by atoms with Crippen molar-refractivity contribution in [3.8, 4) is 0 Å². The van der Waals surface area contributed by atoms with E-state index in [4.69, 9.17) is 14.2 Å².